The first-order valence-corrected chi connectivity index (χ1v) is 13.0. The lowest BCUT2D eigenvalue weighted by Gasteiger charge is -2.38. The summed E-state index contributed by atoms with van der Waals surface area (Å²) in [6.07, 6.45) is 3.28. The van der Waals surface area contributed by atoms with Gasteiger partial charge < -0.3 is 24.4 Å². The van der Waals surface area contributed by atoms with Crippen LogP contribution in [0.4, 0.5) is 5.69 Å². The quantitative estimate of drug-likeness (QED) is 0.657. The fourth-order valence-electron chi connectivity index (χ4n) is 4.89. The van der Waals surface area contributed by atoms with Gasteiger partial charge in [0.25, 0.3) is 5.91 Å². The van der Waals surface area contributed by atoms with Gasteiger partial charge in [0.15, 0.2) is 0 Å². The van der Waals surface area contributed by atoms with Crippen LogP contribution >= 0.6 is 0 Å². The average molecular weight is 490 g/mol. The number of hydrogen-bond acceptors (Lipinski definition) is 6. The summed E-state index contributed by atoms with van der Waals surface area (Å²) in [6, 6.07) is 5.49. The van der Waals surface area contributed by atoms with Gasteiger partial charge in [0.05, 0.1) is 11.7 Å². The normalized spacial score (nSPS) is 25.2. The third kappa shape index (κ3) is 7.66. The van der Waals surface area contributed by atoms with Crippen LogP contribution in [-0.4, -0.2) is 87.4 Å². The molecule has 1 aromatic rings. The van der Waals surface area contributed by atoms with Gasteiger partial charge in [-0.1, -0.05) is 13.8 Å². The zero-order valence-electron chi connectivity index (χ0n) is 22.0. The van der Waals surface area contributed by atoms with Crippen molar-refractivity contribution in [3.05, 3.63) is 23.8 Å². The summed E-state index contributed by atoms with van der Waals surface area (Å²) in [6.45, 7) is 10.8. The minimum Gasteiger partial charge on any atom is -0.491 e. The number of methoxy groups -OCH3 is 1. The second kappa shape index (κ2) is 13.2. The van der Waals surface area contributed by atoms with Crippen LogP contribution in [0.3, 0.4) is 0 Å². The Labute approximate surface area is 210 Å². The number of benzene rings is 1. The lowest BCUT2D eigenvalue weighted by molar-refractivity contribution is -0.116. The minimum absolute atomic E-state index is 0.0621. The fraction of sp³-hybridized carbons (Fsp3) is 0.704. The van der Waals surface area contributed by atoms with Crippen LogP contribution in [0, 0.1) is 11.8 Å². The molecule has 196 valence electrons. The van der Waals surface area contributed by atoms with Gasteiger partial charge in [-0.3, -0.25) is 14.5 Å². The van der Waals surface area contributed by atoms with Gasteiger partial charge in [0.1, 0.15) is 12.4 Å². The molecule has 1 N–H and O–H groups in total. The fourth-order valence-corrected chi connectivity index (χ4v) is 4.89. The number of nitrogens with zero attached hydrogens (tertiary/aromatic N) is 2. The van der Waals surface area contributed by atoms with E-state index in [-0.39, 0.29) is 29.9 Å². The predicted octanol–water partition coefficient (Wildman–Crippen LogP) is 3.66. The third-order valence-electron chi connectivity index (χ3n) is 7.17. The second-order valence-electron chi connectivity index (χ2n) is 10.1. The van der Waals surface area contributed by atoms with Crippen molar-refractivity contribution in [1.29, 1.82) is 0 Å². The van der Waals surface area contributed by atoms with E-state index in [0.29, 0.717) is 42.5 Å². The molecule has 3 atom stereocenters. The number of anilines is 1. The Hall–Kier alpha value is -2.16. The third-order valence-corrected chi connectivity index (χ3v) is 7.17. The van der Waals surface area contributed by atoms with Crippen LogP contribution in [0.2, 0.25) is 0 Å². The number of rotatable bonds is 6. The zero-order valence-corrected chi connectivity index (χ0v) is 22.0. The average Bonchev–Trinajstić information content (AvgIpc) is 2.85. The Bertz CT molecular complexity index is 842. The van der Waals surface area contributed by atoms with E-state index in [1.165, 1.54) is 0 Å². The molecule has 1 fully saturated rings. The number of carbonyl (C=O) groups is 2. The molecule has 2 aliphatic rings. The van der Waals surface area contributed by atoms with E-state index in [4.69, 9.17) is 14.2 Å². The molecule has 2 heterocycles. The molecule has 0 unspecified atom stereocenters. The first-order chi connectivity index (χ1) is 16.8. The zero-order chi connectivity index (χ0) is 25.4. The molecule has 2 aliphatic heterocycles. The number of likely N-dealkylation sites (N-methyl/N-ethyl adjacent to an activating group) is 1. The number of fused-ring (bicyclic) bond motifs is 1. The molecule has 0 radical (unpaired) electrons. The van der Waals surface area contributed by atoms with Crippen LogP contribution < -0.4 is 10.1 Å². The van der Waals surface area contributed by atoms with Crippen LogP contribution in [0.15, 0.2) is 18.2 Å². The Morgan fingerprint density at radius 1 is 1.20 bits per heavy atom. The molecule has 8 nitrogen and oxygen atoms in total. The van der Waals surface area contributed by atoms with E-state index in [0.717, 1.165) is 45.6 Å². The van der Waals surface area contributed by atoms with Gasteiger partial charge in [-0.15, -0.1) is 0 Å². The maximum atomic E-state index is 13.4. The van der Waals surface area contributed by atoms with E-state index < -0.39 is 0 Å². The maximum absolute atomic E-state index is 13.4. The van der Waals surface area contributed by atoms with Crippen molar-refractivity contribution in [3.8, 4) is 5.75 Å². The van der Waals surface area contributed by atoms with E-state index in [1.54, 1.807) is 37.3 Å². The molecule has 8 heteroatoms. The molecule has 35 heavy (non-hydrogen) atoms. The van der Waals surface area contributed by atoms with Gasteiger partial charge in [0, 0.05) is 65.2 Å². The second-order valence-corrected chi connectivity index (χ2v) is 10.1. The first kappa shape index (κ1) is 27.4. The molecule has 1 aromatic carbocycles. The molecule has 1 saturated heterocycles. The maximum Gasteiger partial charge on any atom is 0.257 e. The van der Waals surface area contributed by atoms with Gasteiger partial charge in [-0.05, 0) is 56.2 Å². The van der Waals surface area contributed by atoms with Crippen molar-refractivity contribution >= 4 is 17.5 Å². The van der Waals surface area contributed by atoms with Crippen LogP contribution in [0.1, 0.15) is 56.8 Å². The number of carbonyl (C=O) groups excluding carboxylic acids is 2. The molecular formula is C27H43N3O5. The van der Waals surface area contributed by atoms with Crippen molar-refractivity contribution in [2.45, 2.75) is 58.6 Å². The topological polar surface area (TPSA) is 80.3 Å². The molecule has 2 amide bonds. The molecule has 0 spiro atoms. The summed E-state index contributed by atoms with van der Waals surface area (Å²) in [5.74, 6) is 1.17. The van der Waals surface area contributed by atoms with Crippen molar-refractivity contribution in [3.63, 3.8) is 0 Å². The van der Waals surface area contributed by atoms with Gasteiger partial charge in [-0.2, -0.15) is 0 Å². The van der Waals surface area contributed by atoms with Gasteiger partial charge >= 0.3 is 0 Å². The lowest BCUT2D eigenvalue weighted by Crippen LogP contribution is -2.48. The Morgan fingerprint density at radius 3 is 2.63 bits per heavy atom. The largest absolute Gasteiger partial charge is 0.491 e. The lowest BCUT2D eigenvalue weighted by atomic mass is 9.96. The van der Waals surface area contributed by atoms with Crippen LogP contribution in [0.25, 0.3) is 0 Å². The van der Waals surface area contributed by atoms with E-state index in [2.05, 4.69) is 24.1 Å². The smallest absolute Gasteiger partial charge is 0.257 e. The van der Waals surface area contributed by atoms with Crippen molar-refractivity contribution in [1.82, 2.24) is 9.80 Å². The van der Waals surface area contributed by atoms with E-state index >= 15 is 0 Å². The highest BCUT2D eigenvalue weighted by Gasteiger charge is 2.30. The number of nitrogens with one attached hydrogen (secondary N) is 1. The SMILES string of the molecule is CCCC(=O)Nc1ccc2c(c1)C(=O)N(C)C[C@@H](OC)[C@@H](C)CN(CC1CCOCC1)[C@@H](C)CO2. The predicted molar refractivity (Wildman–Crippen MR) is 137 cm³/mol. The Kier molecular flexibility index (Phi) is 10.4. The summed E-state index contributed by atoms with van der Waals surface area (Å²) in [7, 11) is 3.51. The Balaban J connectivity index is 1.87. The van der Waals surface area contributed by atoms with Gasteiger partial charge in [0.2, 0.25) is 5.91 Å². The molecular weight excluding hydrogens is 446 g/mol. The number of ether oxygens (including phenoxy) is 3. The standard InChI is InChI=1S/C27H43N3O5/c1-6-7-26(31)28-22-8-9-24-23(14-22)27(32)29(4)17-25(33-5)19(2)15-30(20(3)18-35-24)16-21-10-12-34-13-11-21/h8-9,14,19-21,25H,6-7,10-13,15-18H2,1-5H3,(H,28,31)/t19-,20-,25+/m0/s1. The van der Waals surface area contributed by atoms with Crippen molar-refractivity contribution in [2.75, 3.05) is 58.9 Å². The summed E-state index contributed by atoms with van der Waals surface area (Å²) in [4.78, 5) is 29.8. The van der Waals surface area contributed by atoms with E-state index in [1.807, 2.05) is 6.92 Å². The van der Waals surface area contributed by atoms with E-state index in [9.17, 15) is 9.59 Å². The summed E-state index contributed by atoms with van der Waals surface area (Å²) in [5.41, 5.74) is 1.05. The highest BCUT2D eigenvalue weighted by Crippen LogP contribution is 2.27. The molecule has 0 aliphatic carbocycles. The summed E-state index contributed by atoms with van der Waals surface area (Å²) < 4.78 is 17.7. The van der Waals surface area contributed by atoms with Crippen molar-refractivity contribution in [2.24, 2.45) is 11.8 Å². The Morgan fingerprint density at radius 2 is 1.94 bits per heavy atom. The van der Waals surface area contributed by atoms with Crippen LogP contribution in [0.5, 0.6) is 5.75 Å². The van der Waals surface area contributed by atoms with Gasteiger partial charge in [-0.25, -0.2) is 0 Å². The first-order valence-electron chi connectivity index (χ1n) is 13.0. The molecule has 0 saturated carbocycles. The molecule has 0 aromatic heterocycles. The summed E-state index contributed by atoms with van der Waals surface area (Å²) >= 11 is 0. The minimum atomic E-state index is -0.145. The number of amides is 2. The van der Waals surface area contributed by atoms with Crippen LogP contribution in [-0.2, 0) is 14.3 Å². The summed E-state index contributed by atoms with van der Waals surface area (Å²) in [5, 5.41) is 2.89. The monoisotopic (exact) mass is 489 g/mol. The van der Waals surface area contributed by atoms with Crippen molar-refractivity contribution < 1.29 is 23.8 Å². The highest BCUT2D eigenvalue weighted by atomic mass is 16.5. The molecule has 3 rings (SSSR count). The highest BCUT2D eigenvalue weighted by molar-refractivity contribution is 5.99. The molecule has 0 bridgehead atoms. The number of hydrogen-bond donors (Lipinski definition) is 1.